The minimum absolute atomic E-state index is 0.140. The van der Waals surface area contributed by atoms with Gasteiger partial charge in [-0.05, 0) is 35.2 Å². The van der Waals surface area contributed by atoms with Crippen LogP contribution in [-0.4, -0.2) is 11.2 Å². The minimum Gasteiger partial charge on any atom is -0.393 e. The predicted octanol–water partition coefficient (Wildman–Crippen LogP) is 5.96. The van der Waals surface area contributed by atoms with Crippen LogP contribution in [0.25, 0.3) is 0 Å². The molecule has 0 aliphatic rings. The second-order valence-corrected chi connectivity index (χ2v) is 6.74. The maximum Gasteiger partial charge on any atom is 0.0580 e. The first kappa shape index (κ1) is 17.7. The van der Waals surface area contributed by atoms with Gasteiger partial charge in [0, 0.05) is 0 Å². The van der Waals surface area contributed by atoms with Crippen LogP contribution in [0.15, 0.2) is 16.8 Å². The summed E-state index contributed by atoms with van der Waals surface area (Å²) in [5.41, 5.74) is 1.29. The first-order valence-electron chi connectivity index (χ1n) is 8.52. The van der Waals surface area contributed by atoms with Crippen molar-refractivity contribution in [2.75, 3.05) is 0 Å². The van der Waals surface area contributed by atoms with Crippen molar-refractivity contribution in [1.29, 1.82) is 0 Å². The van der Waals surface area contributed by atoms with Gasteiger partial charge in [-0.25, -0.2) is 0 Å². The van der Waals surface area contributed by atoms with Crippen molar-refractivity contribution < 1.29 is 5.11 Å². The summed E-state index contributed by atoms with van der Waals surface area (Å²) in [5.74, 6) is 0. The van der Waals surface area contributed by atoms with Crippen LogP contribution in [0.3, 0.4) is 0 Å². The Labute approximate surface area is 129 Å². The molecule has 0 aliphatic heterocycles. The van der Waals surface area contributed by atoms with Gasteiger partial charge in [0.05, 0.1) is 6.10 Å². The first-order chi connectivity index (χ1) is 9.83. The van der Waals surface area contributed by atoms with Gasteiger partial charge in [0.1, 0.15) is 0 Å². The predicted molar refractivity (Wildman–Crippen MR) is 90.5 cm³/mol. The number of thiophene rings is 1. The van der Waals surface area contributed by atoms with E-state index >= 15 is 0 Å². The number of aliphatic hydroxyl groups is 1. The van der Waals surface area contributed by atoms with E-state index in [4.69, 9.17) is 0 Å². The Hall–Kier alpha value is -0.340. The fourth-order valence-electron chi connectivity index (χ4n) is 2.65. The third kappa shape index (κ3) is 9.55. The lowest BCUT2D eigenvalue weighted by atomic mass is 10.0. The van der Waals surface area contributed by atoms with Gasteiger partial charge in [0.2, 0.25) is 0 Å². The number of hydrogen-bond acceptors (Lipinski definition) is 2. The smallest absolute Gasteiger partial charge is 0.0580 e. The zero-order chi connectivity index (χ0) is 14.5. The lowest BCUT2D eigenvalue weighted by molar-refractivity contribution is 0.161. The number of rotatable bonds is 13. The zero-order valence-corrected chi connectivity index (χ0v) is 14.0. The minimum atomic E-state index is -0.140. The molecule has 1 heterocycles. The van der Waals surface area contributed by atoms with Crippen LogP contribution in [0.2, 0.25) is 0 Å². The molecule has 0 saturated heterocycles. The highest BCUT2D eigenvalue weighted by Crippen LogP contribution is 2.14. The molecular formula is C18H32OS. The summed E-state index contributed by atoms with van der Waals surface area (Å²) in [6, 6.07) is 2.12. The van der Waals surface area contributed by atoms with Crippen LogP contribution < -0.4 is 0 Å². The molecule has 1 rings (SSSR count). The Bertz CT molecular complexity index is 294. The van der Waals surface area contributed by atoms with Gasteiger partial charge in [-0.1, -0.05) is 71.1 Å². The summed E-state index contributed by atoms with van der Waals surface area (Å²) >= 11 is 1.71. The molecule has 1 nitrogen and oxygen atoms in total. The van der Waals surface area contributed by atoms with Gasteiger partial charge in [-0.3, -0.25) is 0 Å². The van der Waals surface area contributed by atoms with Crippen LogP contribution in [0.5, 0.6) is 0 Å². The molecule has 1 aromatic rings. The molecule has 116 valence electrons. The van der Waals surface area contributed by atoms with Crippen molar-refractivity contribution in [2.24, 2.45) is 0 Å². The first-order valence-corrected chi connectivity index (χ1v) is 9.46. The summed E-state index contributed by atoms with van der Waals surface area (Å²) in [6.45, 7) is 2.27. The van der Waals surface area contributed by atoms with Crippen LogP contribution in [0.4, 0.5) is 0 Å². The maximum atomic E-state index is 9.95. The lowest BCUT2D eigenvalue weighted by Crippen LogP contribution is -2.09. The molecule has 1 atom stereocenters. The van der Waals surface area contributed by atoms with Gasteiger partial charge in [0.15, 0.2) is 0 Å². The normalized spacial score (nSPS) is 12.7. The van der Waals surface area contributed by atoms with E-state index in [0.717, 1.165) is 12.8 Å². The van der Waals surface area contributed by atoms with Gasteiger partial charge in [-0.15, -0.1) is 0 Å². The van der Waals surface area contributed by atoms with E-state index in [9.17, 15) is 5.11 Å². The molecule has 2 heteroatoms. The average molecular weight is 297 g/mol. The van der Waals surface area contributed by atoms with Gasteiger partial charge >= 0.3 is 0 Å². The van der Waals surface area contributed by atoms with Crippen molar-refractivity contribution in [3.8, 4) is 0 Å². The Balaban J connectivity index is 1.82. The van der Waals surface area contributed by atoms with Crippen molar-refractivity contribution in [3.05, 3.63) is 22.4 Å². The summed E-state index contributed by atoms with van der Waals surface area (Å²) in [6.07, 6.45) is 15.3. The zero-order valence-electron chi connectivity index (χ0n) is 13.2. The van der Waals surface area contributed by atoms with E-state index in [2.05, 4.69) is 23.8 Å². The summed E-state index contributed by atoms with van der Waals surface area (Å²) in [5, 5.41) is 14.2. The number of aliphatic hydroxyl groups excluding tert-OH is 1. The fraction of sp³-hybridized carbons (Fsp3) is 0.778. The monoisotopic (exact) mass is 296 g/mol. The number of hydrogen-bond donors (Lipinski definition) is 1. The van der Waals surface area contributed by atoms with Crippen LogP contribution >= 0.6 is 11.3 Å². The Morgan fingerprint density at radius 1 is 0.950 bits per heavy atom. The SMILES string of the molecule is CCCCCCCCCCCCC(O)Cc1ccsc1. The molecule has 0 aromatic carbocycles. The topological polar surface area (TPSA) is 20.2 Å². The van der Waals surface area contributed by atoms with Crippen molar-refractivity contribution in [1.82, 2.24) is 0 Å². The second-order valence-electron chi connectivity index (χ2n) is 5.96. The fourth-order valence-corrected chi connectivity index (χ4v) is 3.33. The molecule has 0 fully saturated rings. The largest absolute Gasteiger partial charge is 0.393 e. The number of unbranched alkanes of at least 4 members (excludes halogenated alkanes) is 9. The molecule has 1 N–H and O–H groups in total. The molecule has 0 radical (unpaired) electrons. The third-order valence-electron chi connectivity index (χ3n) is 3.94. The van der Waals surface area contributed by atoms with E-state index in [1.165, 1.54) is 69.8 Å². The van der Waals surface area contributed by atoms with E-state index in [0.29, 0.717) is 0 Å². The molecular weight excluding hydrogens is 264 g/mol. The van der Waals surface area contributed by atoms with Crippen LogP contribution in [0.1, 0.15) is 83.1 Å². The van der Waals surface area contributed by atoms with Crippen LogP contribution in [-0.2, 0) is 6.42 Å². The van der Waals surface area contributed by atoms with E-state index in [1.807, 2.05) is 0 Å². The highest BCUT2D eigenvalue weighted by molar-refractivity contribution is 7.07. The second kappa shape index (κ2) is 12.4. The molecule has 0 aliphatic carbocycles. The lowest BCUT2D eigenvalue weighted by Gasteiger charge is -2.09. The Kier molecular flexibility index (Phi) is 11.0. The summed E-state index contributed by atoms with van der Waals surface area (Å²) < 4.78 is 0. The molecule has 1 aromatic heterocycles. The molecule has 0 saturated carbocycles. The molecule has 0 bridgehead atoms. The summed E-state index contributed by atoms with van der Waals surface area (Å²) in [7, 11) is 0. The Morgan fingerprint density at radius 3 is 2.10 bits per heavy atom. The van der Waals surface area contributed by atoms with E-state index in [1.54, 1.807) is 11.3 Å². The van der Waals surface area contributed by atoms with Gasteiger partial charge in [-0.2, -0.15) is 11.3 Å². The highest BCUT2D eigenvalue weighted by atomic mass is 32.1. The molecule has 0 spiro atoms. The van der Waals surface area contributed by atoms with Crippen molar-refractivity contribution in [3.63, 3.8) is 0 Å². The highest BCUT2D eigenvalue weighted by Gasteiger charge is 2.05. The maximum absolute atomic E-state index is 9.95. The van der Waals surface area contributed by atoms with Gasteiger partial charge in [0.25, 0.3) is 0 Å². The van der Waals surface area contributed by atoms with Crippen molar-refractivity contribution in [2.45, 2.75) is 90.1 Å². The third-order valence-corrected chi connectivity index (χ3v) is 4.67. The quantitative estimate of drug-likeness (QED) is 0.445. The average Bonchev–Trinajstić information content (AvgIpc) is 2.93. The molecule has 1 unspecified atom stereocenters. The van der Waals surface area contributed by atoms with Crippen LogP contribution in [0, 0.1) is 0 Å². The summed E-state index contributed by atoms with van der Waals surface area (Å²) in [4.78, 5) is 0. The van der Waals surface area contributed by atoms with E-state index < -0.39 is 0 Å². The van der Waals surface area contributed by atoms with E-state index in [-0.39, 0.29) is 6.10 Å². The van der Waals surface area contributed by atoms with Gasteiger partial charge < -0.3 is 5.11 Å². The standard InChI is InChI=1S/C18H32OS/c1-2-3-4-5-6-7-8-9-10-11-12-18(19)15-17-13-14-20-16-17/h13-14,16,18-19H,2-12,15H2,1H3. The van der Waals surface area contributed by atoms with Crippen molar-refractivity contribution >= 4 is 11.3 Å². The molecule has 20 heavy (non-hydrogen) atoms. The molecule has 0 amide bonds. The Morgan fingerprint density at radius 2 is 1.55 bits per heavy atom.